The van der Waals surface area contributed by atoms with Gasteiger partial charge in [-0.05, 0) is 18.1 Å². The van der Waals surface area contributed by atoms with Crippen LogP contribution in [0, 0.1) is 0 Å². The van der Waals surface area contributed by atoms with Crippen molar-refractivity contribution in [2.75, 3.05) is 0 Å². The van der Waals surface area contributed by atoms with Gasteiger partial charge in [-0.2, -0.15) is 0 Å². The Kier molecular flexibility index (Phi) is 2.70. The molecule has 1 atom stereocenters. The molecule has 4 nitrogen and oxygen atoms in total. The molecule has 1 aromatic rings. The molecule has 0 aromatic heterocycles. The summed E-state index contributed by atoms with van der Waals surface area (Å²) in [6.45, 7) is 3.52. The van der Waals surface area contributed by atoms with Gasteiger partial charge in [-0.25, -0.2) is 5.84 Å². The Balaban J connectivity index is 2.10. The van der Waals surface area contributed by atoms with E-state index in [1.54, 1.807) is 0 Å². The number of hydrazine groups is 1. The molecule has 0 aliphatic carbocycles. The van der Waals surface area contributed by atoms with Crippen LogP contribution in [0.3, 0.4) is 0 Å². The lowest BCUT2D eigenvalue weighted by Gasteiger charge is -2.21. The Morgan fingerprint density at radius 3 is 2.40 bits per heavy atom. The summed E-state index contributed by atoms with van der Waals surface area (Å²) in [6.07, 6.45) is 0. The molecular formula is C11H15N3O. The number of nitrogens with zero attached hydrogens (tertiary/aromatic N) is 1. The van der Waals surface area contributed by atoms with Gasteiger partial charge >= 0.3 is 0 Å². The molecule has 0 radical (unpaired) electrons. The summed E-state index contributed by atoms with van der Waals surface area (Å²) in [5.74, 6) is 4.98. The van der Waals surface area contributed by atoms with E-state index in [2.05, 4.69) is 22.5 Å². The predicted molar refractivity (Wildman–Crippen MR) is 57.5 cm³/mol. The van der Waals surface area contributed by atoms with Gasteiger partial charge in [0.05, 0.1) is 6.04 Å². The summed E-state index contributed by atoms with van der Waals surface area (Å²) in [7, 11) is 0. The van der Waals surface area contributed by atoms with E-state index in [4.69, 9.17) is 5.84 Å². The first-order valence-corrected chi connectivity index (χ1v) is 5.03. The monoisotopic (exact) mass is 205 g/mol. The van der Waals surface area contributed by atoms with Crippen LogP contribution >= 0.6 is 0 Å². The molecule has 3 N–H and O–H groups in total. The van der Waals surface area contributed by atoms with Gasteiger partial charge in [0.25, 0.3) is 5.91 Å². The van der Waals surface area contributed by atoms with Crippen LogP contribution in [0.5, 0.6) is 0 Å². The zero-order chi connectivity index (χ0) is 10.8. The van der Waals surface area contributed by atoms with Crippen LogP contribution in [-0.2, 0) is 17.9 Å². The molecule has 1 aliphatic heterocycles. The molecule has 2 rings (SSSR count). The molecule has 0 fully saturated rings. The van der Waals surface area contributed by atoms with Crippen LogP contribution in [0.25, 0.3) is 0 Å². The number of hydrogen-bond acceptors (Lipinski definition) is 3. The van der Waals surface area contributed by atoms with E-state index >= 15 is 0 Å². The quantitative estimate of drug-likeness (QED) is 0.417. The number of benzene rings is 1. The summed E-state index contributed by atoms with van der Waals surface area (Å²) < 4.78 is 0. The number of fused-ring (bicyclic) bond motifs is 1. The normalized spacial score (nSPS) is 17.2. The van der Waals surface area contributed by atoms with Crippen molar-refractivity contribution >= 4 is 5.91 Å². The van der Waals surface area contributed by atoms with Gasteiger partial charge in [0.1, 0.15) is 0 Å². The van der Waals surface area contributed by atoms with Crippen molar-refractivity contribution in [2.24, 2.45) is 5.84 Å². The Morgan fingerprint density at radius 1 is 1.40 bits per heavy atom. The first kappa shape index (κ1) is 10.1. The molecule has 1 unspecified atom stereocenters. The molecule has 0 spiro atoms. The molecule has 0 saturated heterocycles. The second-order valence-corrected chi connectivity index (χ2v) is 3.86. The summed E-state index contributed by atoms with van der Waals surface area (Å²) in [4.78, 5) is 13.5. The second kappa shape index (κ2) is 4.00. The van der Waals surface area contributed by atoms with E-state index in [1.807, 2.05) is 19.1 Å². The fourth-order valence-corrected chi connectivity index (χ4v) is 1.92. The number of nitrogens with two attached hydrogens (primary N) is 1. The Bertz CT molecular complexity index is 353. The molecule has 15 heavy (non-hydrogen) atoms. The lowest BCUT2D eigenvalue weighted by atomic mass is 10.1. The zero-order valence-corrected chi connectivity index (χ0v) is 8.73. The highest BCUT2D eigenvalue weighted by molar-refractivity contribution is 5.80. The van der Waals surface area contributed by atoms with Crippen molar-refractivity contribution in [3.05, 3.63) is 35.4 Å². The maximum Gasteiger partial charge on any atom is 0.250 e. The molecule has 80 valence electrons. The van der Waals surface area contributed by atoms with E-state index in [-0.39, 0.29) is 11.9 Å². The minimum Gasteiger partial charge on any atom is -0.293 e. The second-order valence-electron chi connectivity index (χ2n) is 3.86. The van der Waals surface area contributed by atoms with Crippen LogP contribution in [0.1, 0.15) is 18.1 Å². The van der Waals surface area contributed by atoms with Crippen LogP contribution in [-0.4, -0.2) is 16.8 Å². The van der Waals surface area contributed by atoms with Crippen molar-refractivity contribution in [1.82, 2.24) is 10.3 Å². The third-order valence-electron chi connectivity index (χ3n) is 2.93. The lowest BCUT2D eigenvalue weighted by Crippen LogP contribution is -2.45. The number of nitrogens with one attached hydrogen (secondary N) is 1. The molecule has 4 heteroatoms. The number of carbonyl (C=O) groups excluding carboxylic acids is 1. The van der Waals surface area contributed by atoms with Crippen molar-refractivity contribution in [2.45, 2.75) is 26.1 Å². The topological polar surface area (TPSA) is 58.4 Å². The van der Waals surface area contributed by atoms with E-state index in [0.29, 0.717) is 0 Å². The number of hydrogen-bond donors (Lipinski definition) is 2. The Morgan fingerprint density at radius 2 is 1.93 bits per heavy atom. The average molecular weight is 205 g/mol. The highest BCUT2D eigenvalue weighted by Crippen LogP contribution is 2.23. The minimum absolute atomic E-state index is 0.136. The van der Waals surface area contributed by atoms with Gasteiger partial charge < -0.3 is 0 Å². The smallest absolute Gasteiger partial charge is 0.250 e. The van der Waals surface area contributed by atoms with Gasteiger partial charge in [-0.3, -0.25) is 15.1 Å². The molecule has 1 aromatic carbocycles. The van der Waals surface area contributed by atoms with Crippen molar-refractivity contribution in [3.63, 3.8) is 0 Å². The maximum absolute atomic E-state index is 11.4. The van der Waals surface area contributed by atoms with Crippen molar-refractivity contribution in [3.8, 4) is 0 Å². The fraction of sp³-hybridized carbons (Fsp3) is 0.364. The summed E-state index contributed by atoms with van der Waals surface area (Å²) >= 11 is 0. The first-order chi connectivity index (χ1) is 7.22. The summed E-state index contributed by atoms with van der Waals surface area (Å²) in [6, 6.07) is 8.07. The van der Waals surface area contributed by atoms with E-state index in [1.165, 1.54) is 11.1 Å². The van der Waals surface area contributed by atoms with Crippen LogP contribution in [0.4, 0.5) is 0 Å². The lowest BCUT2D eigenvalue weighted by molar-refractivity contribution is -0.126. The van der Waals surface area contributed by atoms with Gasteiger partial charge in [0.15, 0.2) is 0 Å². The number of amides is 1. The van der Waals surface area contributed by atoms with Crippen molar-refractivity contribution in [1.29, 1.82) is 0 Å². The largest absolute Gasteiger partial charge is 0.293 e. The highest BCUT2D eigenvalue weighted by atomic mass is 16.2. The maximum atomic E-state index is 11.4. The standard InChI is InChI=1S/C11H15N3O/c1-8(11(15)13-12)14-6-9-4-2-3-5-10(9)7-14/h2-5,8H,6-7,12H2,1H3,(H,13,15). The molecule has 1 amide bonds. The summed E-state index contributed by atoms with van der Waals surface area (Å²) in [5, 5.41) is 0. The van der Waals surface area contributed by atoms with Crippen LogP contribution in [0.15, 0.2) is 24.3 Å². The third-order valence-corrected chi connectivity index (χ3v) is 2.93. The molecule has 0 saturated carbocycles. The van der Waals surface area contributed by atoms with Gasteiger partial charge in [0, 0.05) is 13.1 Å². The molecular weight excluding hydrogens is 190 g/mol. The number of rotatable bonds is 2. The SMILES string of the molecule is CC(C(=O)NN)N1Cc2ccccc2C1. The third kappa shape index (κ3) is 1.86. The predicted octanol–water partition coefficient (Wildman–Crippen LogP) is 0.381. The minimum atomic E-state index is -0.178. The molecule has 1 aliphatic rings. The van der Waals surface area contributed by atoms with Gasteiger partial charge in [0.2, 0.25) is 0 Å². The highest BCUT2D eigenvalue weighted by Gasteiger charge is 2.26. The first-order valence-electron chi connectivity index (χ1n) is 5.03. The van der Waals surface area contributed by atoms with Crippen LogP contribution < -0.4 is 11.3 Å². The van der Waals surface area contributed by atoms with Gasteiger partial charge in [-0.15, -0.1) is 0 Å². The summed E-state index contributed by atoms with van der Waals surface area (Å²) in [5.41, 5.74) is 4.79. The van der Waals surface area contributed by atoms with E-state index in [9.17, 15) is 4.79 Å². The Labute approximate surface area is 89.0 Å². The fourth-order valence-electron chi connectivity index (χ4n) is 1.92. The van der Waals surface area contributed by atoms with Crippen LogP contribution in [0.2, 0.25) is 0 Å². The average Bonchev–Trinajstić information content (AvgIpc) is 2.70. The van der Waals surface area contributed by atoms with E-state index < -0.39 is 0 Å². The number of carbonyl (C=O) groups is 1. The van der Waals surface area contributed by atoms with E-state index in [0.717, 1.165) is 13.1 Å². The zero-order valence-electron chi connectivity index (χ0n) is 8.73. The van der Waals surface area contributed by atoms with Crippen molar-refractivity contribution < 1.29 is 4.79 Å². The Hall–Kier alpha value is -1.39. The van der Waals surface area contributed by atoms with Gasteiger partial charge in [-0.1, -0.05) is 24.3 Å². The molecule has 1 heterocycles. The molecule has 0 bridgehead atoms.